The Bertz CT molecular complexity index is 372. The molecular weight excluding hydrogens is 204 g/mol. The summed E-state index contributed by atoms with van der Waals surface area (Å²) in [6.45, 7) is 0. The predicted octanol–water partition coefficient (Wildman–Crippen LogP) is 2.81. The van der Waals surface area contributed by atoms with Crippen LogP contribution < -0.4 is 5.73 Å². The van der Waals surface area contributed by atoms with E-state index in [0.717, 1.165) is 16.3 Å². The van der Waals surface area contributed by atoms with Crippen LogP contribution in [0.25, 0.3) is 11.3 Å². The second-order valence-electron chi connectivity index (χ2n) is 2.48. The van der Waals surface area contributed by atoms with Crippen molar-refractivity contribution in [1.82, 2.24) is 4.37 Å². The van der Waals surface area contributed by atoms with Crippen molar-refractivity contribution in [3.8, 4) is 11.3 Å². The van der Waals surface area contributed by atoms with Gasteiger partial charge < -0.3 is 5.73 Å². The van der Waals surface area contributed by atoms with Gasteiger partial charge in [0.15, 0.2) is 0 Å². The van der Waals surface area contributed by atoms with Crippen molar-refractivity contribution < 1.29 is 0 Å². The third-order valence-electron chi connectivity index (χ3n) is 1.60. The molecule has 0 saturated carbocycles. The lowest BCUT2D eigenvalue weighted by Crippen LogP contribution is -1.76. The highest BCUT2D eigenvalue weighted by atomic mass is 35.5. The fourth-order valence-electron chi connectivity index (χ4n) is 1.03. The summed E-state index contributed by atoms with van der Waals surface area (Å²) in [6, 6.07) is 11.9. The van der Waals surface area contributed by atoms with Gasteiger partial charge in [0.25, 0.3) is 0 Å². The molecule has 0 aliphatic rings. The molecule has 0 aliphatic carbocycles. The van der Waals surface area contributed by atoms with E-state index in [0.29, 0.717) is 0 Å². The number of anilines is 1. The number of nitrogens with zero attached hydrogens (tertiary/aromatic N) is 1. The van der Waals surface area contributed by atoms with Gasteiger partial charge in [0.1, 0.15) is 5.00 Å². The average Bonchev–Trinajstić information content (AvgIpc) is 2.54. The average molecular weight is 213 g/mol. The predicted molar refractivity (Wildman–Crippen MR) is 59.2 cm³/mol. The van der Waals surface area contributed by atoms with Gasteiger partial charge in [-0.1, -0.05) is 30.3 Å². The molecule has 2 rings (SSSR count). The Labute approximate surface area is 87.0 Å². The van der Waals surface area contributed by atoms with E-state index in [9.17, 15) is 0 Å². The van der Waals surface area contributed by atoms with E-state index in [4.69, 9.17) is 5.73 Å². The lowest BCUT2D eigenvalue weighted by Gasteiger charge is -1.92. The number of hydrogen-bond donors (Lipinski definition) is 1. The maximum Gasteiger partial charge on any atom is 0.107 e. The second-order valence-corrected chi connectivity index (χ2v) is 3.32. The molecule has 2 nitrogen and oxygen atoms in total. The standard InChI is InChI=1S/C9H8N2S.ClH/c10-9-6-8(11-12-9)7-4-2-1-3-5-7;/h1-6H,10H2;1H. The van der Waals surface area contributed by atoms with Crippen LogP contribution in [0, 0.1) is 0 Å². The van der Waals surface area contributed by atoms with Crippen LogP contribution in [0.3, 0.4) is 0 Å². The fourth-order valence-corrected chi connectivity index (χ4v) is 1.56. The molecule has 2 aromatic rings. The molecule has 0 fully saturated rings. The van der Waals surface area contributed by atoms with Crippen molar-refractivity contribution in [2.24, 2.45) is 0 Å². The van der Waals surface area contributed by atoms with Crippen molar-refractivity contribution in [3.05, 3.63) is 36.4 Å². The smallest absolute Gasteiger partial charge is 0.107 e. The van der Waals surface area contributed by atoms with Crippen molar-refractivity contribution in [1.29, 1.82) is 0 Å². The van der Waals surface area contributed by atoms with Gasteiger partial charge in [0.05, 0.1) is 5.69 Å². The summed E-state index contributed by atoms with van der Waals surface area (Å²) in [5, 5.41) is 0.758. The van der Waals surface area contributed by atoms with Crippen molar-refractivity contribution in [2.45, 2.75) is 0 Å². The Hall–Kier alpha value is -1.06. The van der Waals surface area contributed by atoms with Crippen LogP contribution in [0.5, 0.6) is 0 Å². The first-order valence-electron chi connectivity index (χ1n) is 3.64. The zero-order valence-corrected chi connectivity index (χ0v) is 8.44. The first-order valence-corrected chi connectivity index (χ1v) is 4.41. The normalized spacial score (nSPS) is 9.23. The van der Waals surface area contributed by atoms with E-state index >= 15 is 0 Å². The Morgan fingerprint density at radius 2 is 1.85 bits per heavy atom. The van der Waals surface area contributed by atoms with E-state index in [2.05, 4.69) is 4.37 Å². The number of benzene rings is 1. The monoisotopic (exact) mass is 212 g/mol. The van der Waals surface area contributed by atoms with Gasteiger partial charge in [-0.2, -0.15) is 4.37 Å². The highest BCUT2D eigenvalue weighted by Crippen LogP contribution is 2.22. The fraction of sp³-hybridized carbons (Fsp3) is 0. The van der Waals surface area contributed by atoms with Gasteiger partial charge in [0.2, 0.25) is 0 Å². The number of nitrogens with two attached hydrogens (primary N) is 1. The molecule has 1 aromatic heterocycles. The van der Waals surface area contributed by atoms with Crippen LogP contribution in [-0.4, -0.2) is 4.37 Å². The zero-order chi connectivity index (χ0) is 8.39. The van der Waals surface area contributed by atoms with E-state index in [1.165, 1.54) is 11.5 Å². The second kappa shape index (κ2) is 4.25. The van der Waals surface area contributed by atoms with Crippen LogP contribution in [0.1, 0.15) is 0 Å². The summed E-state index contributed by atoms with van der Waals surface area (Å²) in [5.41, 5.74) is 7.64. The Balaban J connectivity index is 0.000000845. The number of nitrogen functional groups attached to an aromatic ring is 1. The Morgan fingerprint density at radius 3 is 2.38 bits per heavy atom. The molecule has 0 atom stereocenters. The van der Waals surface area contributed by atoms with Crippen LogP contribution in [0.2, 0.25) is 0 Å². The van der Waals surface area contributed by atoms with Gasteiger partial charge in [-0.25, -0.2) is 0 Å². The number of halogens is 1. The summed E-state index contributed by atoms with van der Waals surface area (Å²) in [6.07, 6.45) is 0. The van der Waals surface area contributed by atoms with Crippen LogP contribution >= 0.6 is 23.9 Å². The molecule has 1 heterocycles. The molecular formula is C9H9ClN2S. The van der Waals surface area contributed by atoms with E-state index in [1.807, 2.05) is 36.4 Å². The number of hydrogen-bond acceptors (Lipinski definition) is 3. The summed E-state index contributed by atoms with van der Waals surface area (Å²) in [4.78, 5) is 0. The molecule has 1 aromatic carbocycles. The van der Waals surface area contributed by atoms with E-state index in [1.54, 1.807) is 0 Å². The van der Waals surface area contributed by atoms with Gasteiger partial charge >= 0.3 is 0 Å². The molecule has 2 N–H and O–H groups in total. The molecule has 0 unspecified atom stereocenters. The van der Waals surface area contributed by atoms with Crippen LogP contribution in [0.15, 0.2) is 36.4 Å². The first-order chi connectivity index (χ1) is 5.86. The highest BCUT2D eigenvalue weighted by Gasteiger charge is 1.99. The maximum absolute atomic E-state index is 5.57. The van der Waals surface area contributed by atoms with Crippen LogP contribution in [0.4, 0.5) is 5.00 Å². The summed E-state index contributed by atoms with van der Waals surface area (Å²) in [7, 11) is 0. The Morgan fingerprint density at radius 1 is 1.15 bits per heavy atom. The third-order valence-corrected chi connectivity index (χ3v) is 2.21. The quantitative estimate of drug-likeness (QED) is 0.790. The number of rotatable bonds is 1. The first kappa shape index (κ1) is 10.0. The summed E-state index contributed by atoms with van der Waals surface area (Å²) < 4.78 is 4.20. The minimum Gasteiger partial charge on any atom is -0.389 e. The van der Waals surface area contributed by atoms with Gasteiger partial charge in [0, 0.05) is 11.6 Å². The minimum absolute atomic E-state index is 0. The van der Waals surface area contributed by atoms with Crippen LogP contribution in [-0.2, 0) is 0 Å². The molecule has 4 heteroatoms. The summed E-state index contributed by atoms with van der Waals surface area (Å²) >= 11 is 1.33. The third kappa shape index (κ3) is 2.20. The molecule has 68 valence electrons. The molecule has 0 amide bonds. The van der Waals surface area contributed by atoms with E-state index in [-0.39, 0.29) is 12.4 Å². The summed E-state index contributed by atoms with van der Waals surface area (Å²) in [5.74, 6) is 0. The SMILES string of the molecule is Cl.Nc1cc(-c2ccccc2)ns1. The van der Waals surface area contributed by atoms with Crippen molar-refractivity contribution in [2.75, 3.05) is 5.73 Å². The van der Waals surface area contributed by atoms with Crippen molar-refractivity contribution >= 4 is 28.9 Å². The molecule has 0 aliphatic heterocycles. The topological polar surface area (TPSA) is 38.9 Å². The van der Waals surface area contributed by atoms with Gasteiger partial charge in [-0.15, -0.1) is 12.4 Å². The molecule has 0 saturated heterocycles. The van der Waals surface area contributed by atoms with Crippen molar-refractivity contribution in [3.63, 3.8) is 0 Å². The van der Waals surface area contributed by atoms with Gasteiger partial charge in [-0.05, 0) is 11.5 Å². The molecule has 0 bridgehead atoms. The minimum atomic E-state index is 0. The van der Waals surface area contributed by atoms with E-state index < -0.39 is 0 Å². The maximum atomic E-state index is 5.57. The molecule has 0 radical (unpaired) electrons. The molecule has 13 heavy (non-hydrogen) atoms. The van der Waals surface area contributed by atoms with Gasteiger partial charge in [-0.3, -0.25) is 0 Å². The molecule has 0 spiro atoms. The Kier molecular flexibility index (Phi) is 3.28. The lowest BCUT2D eigenvalue weighted by atomic mass is 10.2. The largest absolute Gasteiger partial charge is 0.389 e. The zero-order valence-electron chi connectivity index (χ0n) is 6.81. The lowest BCUT2D eigenvalue weighted by molar-refractivity contribution is 1.52. The highest BCUT2D eigenvalue weighted by molar-refractivity contribution is 7.10. The number of aromatic nitrogens is 1.